The summed E-state index contributed by atoms with van der Waals surface area (Å²) in [7, 11) is -3.84. The lowest BCUT2D eigenvalue weighted by Crippen LogP contribution is -2.14. The smallest absolute Gasteiger partial charge is 0.245 e. The molecule has 2 aromatic heterocycles. The van der Waals surface area contributed by atoms with Gasteiger partial charge in [0.05, 0.1) is 0 Å². The van der Waals surface area contributed by atoms with Crippen molar-refractivity contribution in [2.75, 3.05) is 0 Å². The minimum atomic E-state index is -3.84. The molecule has 0 radical (unpaired) electrons. The lowest BCUT2D eigenvalue weighted by molar-refractivity contribution is 0.588. The molecule has 2 N–H and O–H groups in total. The maximum Gasteiger partial charge on any atom is 0.282 e. The van der Waals surface area contributed by atoms with Gasteiger partial charge >= 0.3 is 0 Å². The molecular weight excluding hydrogens is 194 g/mol. The van der Waals surface area contributed by atoms with E-state index in [1.165, 1.54) is 23.1 Å². The third-order valence-corrected chi connectivity index (χ3v) is 2.06. The molecule has 0 saturated carbocycles. The second kappa shape index (κ2) is 2.47. The molecule has 7 nitrogen and oxygen atoms in total. The summed E-state index contributed by atoms with van der Waals surface area (Å²) in [5.41, 5.74) is 0.388. The average molecular weight is 199 g/mol. The second-order valence-corrected chi connectivity index (χ2v) is 3.78. The minimum absolute atomic E-state index is 0.388. The SMILES string of the molecule is NS(=O)(=O)c1nc2ccncn2n1. The topological polar surface area (TPSA) is 103 Å². The molecule has 2 rings (SSSR count). The summed E-state index contributed by atoms with van der Waals surface area (Å²) in [4.78, 5) is 7.42. The van der Waals surface area contributed by atoms with E-state index in [-0.39, 0.29) is 0 Å². The van der Waals surface area contributed by atoms with Gasteiger partial charge in [0.15, 0.2) is 5.65 Å². The maximum atomic E-state index is 10.8. The third kappa shape index (κ3) is 1.36. The molecule has 0 aromatic carbocycles. The highest BCUT2D eigenvalue weighted by molar-refractivity contribution is 7.89. The molecule has 2 aromatic rings. The summed E-state index contributed by atoms with van der Waals surface area (Å²) >= 11 is 0. The zero-order valence-corrected chi connectivity index (χ0v) is 7.14. The highest BCUT2D eigenvalue weighted by Crippen LogP contribution is 2.02. The Morgan fingerprint density at radius 3 is 2.85 bits per heavy atom. The van der Waals surface area contributed by atoms with Gasteiger partial charge in [-0.05, 0) is 0 Å². The molecule has 13 heavy (non-hydrogen) atoms. The second-order valence-electron chi connectivity index (χ2n) is 2.32. The van der Waals surface area contributed by atoms with Crippen molar-refractivity contribution in [2.45, 2.75) is 5.16 Å². The summed E-state index contributed by atoms with van der Waals surface area (Å²) in [6.07, 6.45) is 2.83. The molecule has 0 aliphatic rings. The number of aromatic nitrogens is 4. The van der Waals surface area contributed by atoms with Crippen molar-refractivity contribution >= 4 is 15.7 Å². The van der Waals surface area contributed by atoms with Gasteiger partial charge in [-0.25, -0.2) is 23.1 Å². The first-order chi connectivity index (χ1) is 6.07. The van der Waals surface area contributed by atoms with Crippen LogP contribution < -0.4 is 5.14 Å². The van der Waals surface area contributed by atoms with Crippen LogP contribution >= 0.6 is 0 Å². The van der Waals surface area contributed by atoms with Gasteiger partial charge < -0.3 is 0 Å². The van der Waals surface area contributed by atoms with Gasteiger partial charge in [0, 0.05) is 12.3 Å². The standard InChI is InChI=1S/C5H5N5O2S/c6-13(11,12)5-8-4-1-2-7-3-10(4)9-5/h1-3H,(H2,6,11,12). The van der Waals surface area contributed by atoms with E-state index in [0.29, 0.717) is 5.65 Å². The van der Waals surface area contributed by atoms with E-state index in [1.807, 2.05) is 0 Å². The van der Waals surface area contributed by atoms with E-state index in [2.05, 4.69) is 15.1 Å². The number of nitrogens with two attached hydrogens (primary N) is 1. The molecule has 0 unspecified atom stereocenters. The highest BCUT2D eigenvalue weighted by Gasteiger charge is 2.14. The van der Waals surface area contributed by atoms with Crippen LogP contribution in [0, 0.1) is 0 Å². The zero-order chi connectivity index (χ0) is 9.47. The first-order valence-electron chi connectivity index (χ1n) is 3.26. The summed E-state index contributed by atoms with van der Waals surface area (Å²) in [6.45, 7) is 0. The van der Waals surface area contributed by atoms with Crippen LogP contribution in [-0.2, 0) is 10.0 Å². The molecule has 68 valence electrons. The molecular formula is C5H5N5O2S. The molecule has 0 spiro atoms. The Kier molecular flexibility index (Phi) is 1.54. The zero-order valence-electron chi connectivity index (χ0n) is 6.32. The van der Waals surface area contributed by atoms with E-state index in [0.717, 1.165) is 0 Å². The summed E-state index contributed by atoms with van der Waals surface area (Å²) in [5.74, 6) is 0. The summed E-state index contributed by atoms with van der Waals surface area (Å²) < 4.78 is 22.9. The van der Waals surface area contributed by atoms with Gasteiger partial charge in [-0.2, -0.15) is 4.98 Å². The van der Waals surface area contributed by atoms with Crippen molar-refractivity contribution in [3.8, 4) is 0 Å². The van der Waals surface area contributed by atoms with E-state index in [4.69, 9.17) is 5.14 Å². The Balaban J connectivity index is 2.77. The van der Waals surface area contributed by atoms with Gasteiger partial charge in [-0.3, -0.25) is 0 Å². The fraction of sp³-hybridized carbons (Fsp3) is 0. The summed E-state index contributed by atoms with van der Waals surface area (Å²) in [6, 6.07) is 1.53. The number of hydrogen-bond acceptors (Lipinski definition) is 5. The van der Waals surface area contributed by atoms with Gasteiger partial charge in [-0.1, -0.05) is 0 Å². The Hall–Kier alpha value is -1.54. The molecule has 2 heterocycles. The fourth-order valence-corrected chi connectivity index (χ4v) is 1.27. The quantitative estimate of drug-likeness (QED) is 0.619. The van der Waals surface area contributed by atoms with Crippen LogP contribution in [0.25, 0.3) is 5.65 Å². The molecule has 0 atom stereocenters. The average Bonchev–Trinajstić information content (AvgIpc) is 2.45. The number of hydrogen-bond donors (Lipinski definition) is 1. The normalized spacial score (nSPS) is 12.1. The molecule has 0 fully saturated rings. The molecule has 0 amide bonds. The van der Waals surface area contributed by atoms with Crippen molar-refractivity contribution < 1.29 is 8.42 Å². The van der Waals surface area contributed by atoms with E-state index in [9.17, 15) is 8.42 Å². The fourth-order valence-electron chi connectivity index (χ4n) is 0.845. The van der Waals surface area contributed by atoms with Crippen molar-refractivity contribution in [3.05, 3.63) is 18.6 Å². The van der Waals surface area contributed by atoms with Crippen LogP contribution in [0.4, 0.5) is 0 Å². The number of fused-ring (bicyclic) bond motifs is 1. The lowest BCUT2D eigenvalue weighted by atomic mass is 10.6. The predicted octanol–water partition coefficient (Wildman–Crippen LogP) is -1.23. The van der Waals surface area contributed by atoms with Crippen LogP contribution in [0.15, 0.2) is 23.7 Å². The van der Waals surface area contributed by atoms with Crippen LogP contribution in [0.1, 0.15) is 0 Å². The van der Waals surface area contributed by atoms with Crippen LogP contribution in [-0.4, -0.2) is 28.0 Å². The van der Waals surface area contributed by atoms with Crippen LogP contribution in [0.2, 0.25) is 0 Å². The van der Waals surface area contributed by atoms with Gasteiger partial charge in [0.2, 0.25) is 0 Å². The third-order valence-electron chi connectivity index (χ3n) is 1.38. The van der Waals surface area contributed by atoms with E-state index in [1.54, 1.807) is 0 Å². The summed E-state index contributed by atoms with van der Waals surface area (Å²) in [5, 5.41) is 8.05. The van der Waals surface area contributed by atoms with E-state index >= 15 is 0 Å². The number of rotatable bonds is 1. The Morgan fingerprint density at radius 1 is 1.46 bits per heavy atom. The molecule has 8 heteroatoms. The predicted molar refractivity (Wildman–Crippen MR) is 42.2 cm³/mol. The Morgan fingerprint density at radius 2 is 2.23 bits per heavy atom. The van der Waals surface area contributed by atoms with Gasteiger partial charge in [0.1, 0.15) is 6.33 Å². The van der Waals surface area contributed by atoms with Crippen molar-refractivity contribution in [2.24, 2.45) is 5.14 Å². The van der Waals surface area contributed by atoms with Gasteiger partial charge in [-0.15, -0.1) is 5.10 Å². The first kappa shape index (κ1) is 8.08. The van der Waals surface area contributed by atoms with Crippen molar-refractivity contribution in [3.63, 3.8) is 0 Å². The molecule has 0 aliphatic heterocycles. The first-order valence-corrected chi connectivity index (χ1v) is 4.81. The maximum absolute atomic E-state index is 10.8. The van der Waals surface area contributed by atoms with Crippen molar-refractivity contribution in [1.29, 1.82) is 0 Å². The molecule has 0 aliphatic carbocycles. The van der Waals surface area contributed by atoms with E-state index < -0.39 is 15.2 Å². The highest BCUT2D eigenvalue weighted by atomic mass is 32.2. The Bertz CT molecular complexity index is 512. The lowest BCUT2D eigenvalue weighted by Gasteiger charge is -1.84. The van der Waals surface area contributed by atoms with Crippen LogP contribution in [0.5, 0.6) is 0 Å². The Labute approximate surface area is 73.3 Å². The number of nitrogens with zero attached hydrogens (tertiary/aromatic N) is 4. The minimum Gasteiger partial charge on any atom is -0.245 e. The monoisotopic (exact) mass is 199 g/mol. The molecule has 0 bridgehead atoms. The molecule has 0 saturated heterocycles. The number of primary sulfonamides is 1. The van der Waals surface area contributed by atoms with Crippen LogP contribution in [0.3, 0.4) is 0 Å². The number of sulfonamides is 1. The largest absolute Gasteiger partial charge is 0.282 e. The van der Waals surface area contributed by atoms with Crippen molar-refractivity contribution in [1.82, 2.24) is 19.6 Å². The van der Waals surface area contributed by atoms with Gasteiger partial charge in [0.25, 0.3) is 15.2 Å².